The van der Waals surface area contributed by atoms with E-state index in [1.54, 1.807) is 31.2 Å². The molecule has 1 aromatic rings. The van der Waals surface area contributed by atoms with Crippen molar-refractivity contribution in [1.29, 1.82) is 0 Å². The summed E-state index contributed by atoms with van der Waals surface area (Å²) >= 11 is 0. The lowest BCUT2D eigenvalue weighted by atomic mass is 10.1. The fourth-order valence-electron chi connectivity index (χ4n) is 2.02. The van der Waals surface area contributed by atoms with Crippen LogP contribution < -0.4 is 10.0 Å². The molecule has 0 heterocycles. The molecule has 1 aromatic carbocycles. The van der Waals surface area contributed by atoms with Gasteiger partial charge in [0.1, 0.15) is 0 Å². The molecular formula is C16H22N2O5S. The maximum Gasteiger partial charge on any atom is 0.338 e. The monoisotopic (exact) mass is 354 g/mol. The summed E-state index contributed by atoms with van der Waals surface area (Å²) in [6, 6.07) is 6.89. The predicted molar refractivity (Wildman–Crippen MR) is 89.0 cm³/mol. The highest BCUT2D eigenvalue weighted by Crippen LogP contribution is 2.19. The third kappa shape index (κ3) is 6.29. The number of hydrogen-bond acceptors (Lipinski definition) is 5. The number of rotatable bonds is 8. The smallest absolute Gasteiger partial charge is 0.338 e. The van der Waals surface area contributed by atoms with E-state index in [-0.39, 0.29) is 11.9 Å². The normalized spacial score (nSPS) is 15.6. The molecule has 1 fully saturated rings. The zero-order valence-electron chi connectivity index (χ0n) is 13.7. The van der Waals surface area contributed by atoms with Gasteiger partial charge < -0.3 is 10.1 Å². The number of esters is 1. The Bertz CT molecular complexity index is 696. The molecule has 24 heavy (non-hydrogen) atoms. The number of amides is 1. The van der Waals surface area contributed by atoms with E-state index in [0.29, 0.717) is 18.5 Å². The van der Waals surface area contributed by atoms with Crippen molar-refractivity contribution in [1.82, 2.24) is 10.0 Å². The summed E-state index contributed by atoms with van der Waals surface area (Å²) in [5, 5.41) is 2.78. The Morgan fingerprint density at radius 1 is 1.25 bits per heavy atom. The van der Waals surface area contributed by atoms with Crippen LogP contribution in [-0.2, 0) is 26.0 Å². The second-order valence-corrected chi connectivity index (χ2v) is 7.78. The lowest BCUT2D eigenvalue weighted by molar-refractivity contribution is -0.129. The van der Waals surface area contributed by atoms with Gasteiger partial charge in [0.25, 0.3) is 5.91 Å². The standard InChI is InChI=1S/C16H22N2O5S/c1-11(15(19)18-14-7-8-14)23-16(20)13-5-3-12(4-6-13)9-10-17-24(2,21)22/h3-6,11,14,17H,7-10H2,1-2H3,(H,18,19)/t11-/m1/s1. The molecule has 1 aliphatic rings. The van der Waals surface area contributed by atoms with E-state index in [1.165, 1.54) is 0 Å². The van der Waals surface area contributed by atoms with Gasteiger partial charge in [0.15, 0.2) is 6.10 Å². The van der Waals surface area contributed by atoms with E-state index in [1.807, 2.05) is 0 Å². The maximum atomic E-state index is 12.0. The van der Waals surface area contributed by atoms with Crippen LogP contribution in [0.2, 0.25) is 0 Å². The van der Waals surface area contributed by atoms with E-state index < -0.39 is 22.1 Å². The van der Waals surface area contributed by atoms with Crippen molar-refractivity contribution < 1.29 is 22.7 Å². The molecule has 0 bridgehead atoms. The topological polar surface area (TPSA) is 102 Å². The van der Waals surface area contributed by atoms with Crippen molar-refractivity contribution in [3.63, 3.8) is 0 Å². The van der Waals surface area contributed by atoms with E-state index in [0.717, 1.165) is 24.7 Å². The molecule has 1 saturated carbocycles. The molecule has 1 aliphatic carbocycles. The second kappa shape index (κ2) is 7.76. The van der Waals surface area contributed by atoms with E-state index in [2.05, 4.69) is 10.0 Å². The van der Waals surface area contributed by atoms with E-state index in [4.69, 9.17) is 4.74 Å². The van der Waals surface area contributed by atoms with Gasteiger partial charge in [-0.25, -0.2) is 17.9 Å². The number of nitrogens with one attached hydrogen (secondary N) is 2. The highest BCUT2D eigenvalue weighted by Gasteiger charge is 2.27. The molecule has 8 heteroatoms. The molecule has 0 unspecified atom stereocenters. The third-order valence-electron chi connectivity index (χ3n) is 3.54. The first-order valence-electron chi connectivity index (χ1n) is 7.79. The van der Waals surface area contributed by atoms with Gasteiger partial charge in [-0.15, -0.1) is 0 Å². The molecule has 0 aliphatic heterocycles. The fraction of sp³-hybridized carbons (Fsp3) is 0.500. The fourth-order valence-corrected chi connectivity index (χ4v) is 2.49. The van der Waals surface area contributed by atoms with E-state index >= 15 is 0 Å². The average molecular weight is 354 g/mol. The molecule has 0 saturated heterocycles. The molecule has 0 spiro atoms. The second-order valence-electron chi connectivity index (χ2n) is 5.94. The Kier molecular flexibility index (Phi) is 5.95. The van der Waals surface area contributed by atoms with Crippen molar-refractivity contribution in [2.24, 2.45) is 0 Å². The van der Waals surface area contributed by atoms with Gasteiger partial charge in [-0.1, -0.05) is 12.1 Å². The SMILES string of the molecule is C[C@@H](OC(=O)c1ccc(CCNS(C)(=O)=O)cc1)C(=O)NC1CC1. The maximum absolute atomic E-state index is 12.0. The summed E-state index contributed by atoms with van der Waals surface area (Å²) in [5.74, 6) is -0.844. The number of hydrogen-bond donors (Lipinski definition) is 2. The van der Waals surface area contributed by atoms with Gasteiger partial charge in [-0.05, 0) is 43.9 Å². The summed E-state index contributed by atoms with van der Waals surface area (Å²) in [4.78, 5) is 23.8. The molecule has 7 nitrogen and oxygen atoms in total. The summed E-state index contributed by atoms with van der Waals surface area (Å²) in [6.07, 6.45) is 2.73. The summed E-state index contributed by atoms with van der Waals surface area (Å²) in [7, 11) is -3.20. The largest absolute Gasteiger partial charge is 0.449 e. The minimum atomic E-state index is -3.20. The van der Waals surface area contributed by atoms with Gasteiger partial charge in [0.05, 0.1) is 11.8 Å². The summed E-state index contributed by atoms with van der Waals surface area (Å²) in [5.41, 5.74) is 1.24. The molecule has 132 valence electrons. The Hall–Kier alpha value is -1.93. The number of benzene rings is 1. The van der Waals surface area contributed by atoms with Crippen molar-refractivity contribution in [3.05, 3.63) is 35.4 Å². The van der Waals surface area contributed by atoms with Crippen LogP contribution in [0.3, 0.4) is 0 Å². The van der Waals surface area contributed by atoms with Crippen LogP contribution >= 0.6 is 0 Å². The minimum Gasteiger partial charge on any atom is -0.449 e. The quantitative estimate of drug-likeness (QED) is 0.666. The summed E-state index contributed by atoms with van der Waals surface area (Å²) < 4.78 is 29.5. The summed E-state index contributed by atoms with van der Waals surface area (Å²) in [6.45, 7) is 1.84. The first-order chi connectivity index (χ1) is 11.2. The molecule has 0 radical (unpaired) electrons. The van der Waals surface area contributed by atoms with Crippen LogP contribution in [0.5, 0.6) is 0 Å². The highest BCUT2D eigenvalue weighted by atomic mass is 32.2. The number of carbonyl (C=O) groups excluding carboxylic acids is 2. The van der Waals surface area contributed by atoms with Crippen LogP contribution in [0.15, 0.2) is 24.3 Å². The molecule has 1 amide bonds. The number of carbonyl (C=O) groups is 2. The minimum absolute atomic E-state index is 0.221. The Balaban J connectivity index is 1.82. The van der Waals surface area contributed by atoms with E-state index in [9.17, 15) is 18.0 Å². The molecular weight excluding hydrogens is 332 g/mol. The van der Waals surface area contributed by atoms with Gasteiger partial charge in [-0.2, -0.15) is 0 Å². The number of ether oxygens (including phenoxy) is 1. The third-order valence-corrected chi connectivity index (χ3v) is 4.27. The van der Waals surface area contributed by atoms with Gasteiger partial charge in [-0.3, -0.25) is 4.79 Å². The molecule has 1 atom stereocenters. The average Bonchev–Trinajstić information content (AvgIpc) is 3.30. The molecule has 2 N–H and O–H groups in total. The van der Waals surface area contributed by atoms with Crippen molar-refractivity contribution >= 4 is 21.9 Å². The van der Waals surface area contributed by atoms with Crippen molar-refractivity contribution in [2.75, 3.05) is 12.8 Å². The van der Waals surface area contributed by atoms with Crippen molar-refractivity contribution in [2.45, 2.75) is 38.3 Å². The Morgan fingerprint density at radius 2 is 1.88 bits per heavy atom. The van der Waals surface area contributed by atoms with Gasteiger partial charge >= 0.3 is 5.97 Å². The van der Waals surface area contributed by atoms with Gasteiger partial charge in [0, 0.05) is 12.6 Å². The zero-order chi connectivity index (χ0) is 17.7. The van der Waals surface area contributed by atoms with Gasteiger partial charge in [0.2, 0.25) is 10.0 Å². The number of sulfonamides is 1. The van der Waals surface area contributed by atoms with Crippen LogP contribution in [0.4, 0.5) is 0 Å². The van der Waals surface area contributed by atoms with Crippen LogP contribution in [0.1, 0.15) is 35.7 Å². The lowest BCUT2D eigenvalue weighted by Gasteiger charge is -2.13. The first kappa shape index (κ1) is 18.4. The zero-order valence-corrected chi connectivity index (χ0v) is 14.6. The van der Waals surface area contributed by atoms with Crippen LogP contribution in [0, 0.1) is 0 Å². The van der Waals surface area contributed by atoms with Crippen LogP contribution in [-0.4, -0.2) is 45.2 Å². The van der Waals surface area contributed by atoms with Crippen molar-refractivity contribution in [3.8, 4) is 0 Å². The molecule has 0 aromatic heterocycles. The lowest BCUT2D eigenvalue weighted by Crippen LogP contribution is -2.37. The predicted octanol–water partition coefficient (Wildman–Crippen LogP) is 0.602. The molecule has 2 rings (SSSR count). The van der Waals surface area contributed by atoms with Crippen LogP contribution in [0.25, 0.3) is 0 Å². The highest BCUT2D eigenvalue weighted by molar-refractivity contribution is 7.88. The Labute approximate surface area is 141 Å². The first-order valence-corrected chi connectivity index (χ1v) is 9.68. The Morgan fingerprint density at radius 3 is 2.42 bits per heavy atom.